The van der Waals surface area contributed by atoms with Gasteiger partial charge in [0.1, 0.15) is 11.9 Å². The van der Waals surface area contributed by atoms with Crippen molar-refractivity contribution in [2.24, 2.45) is 5.92 Å². The molecule has 3 rings (SSSR count). The predicted octanol–water partition coefficient (Wildman–Crippen LogP) is 3.02. The average molecular weight is 368 g/mol. The summed E-state index contributed by atoms with van der Waals surface area (Å²) in [5.74, 6) is -1.08. The van der Waals surface area contributed by atoms with Crippen LogP contribution in [-0.4, -0.2) is 27.8 Å². The van der Waals surface area contributed by atoms with Crippen molar-refractivity contribution in [3.8, 4) is 0 Å². The van der Waals surface area contributed by atoms with Gasteiger partial charge in [-0.05, 0) is 29.7 Å². The van der Waals surface area contributed by atoms with Crippen LogP contribution in [0.4, 0.5) is 10.3 Å². The highest BCUT2D eigenvalue weighted by atomic mass is 19.1. The molecule has 1 heterocycles. The number of hydrogen-bond acceptors (Lipinski definition) is 3. The van der Waals surface area contributed by atoms with Gasteiger partial charge >= 0.3 is 0 Å². The summed E-state index contributed by atoms with van der Waals surface area (Å²) >= 11 is 0. The normalized spacial score (nSPS) is 12.1. The molecule has 0 radical (unpaired) electrons. The first-order valence-electron chi connectivity index (χ1n) is 8.72. The van der Waals surface area contributed by atoms with Crippen LogP contribution in [0.3, 0.4) is 0 Å². The number of carbonyl (C=O) groups excluding carboxylic acids is 2. The lowest BCUT2D eigenvalue weighted by Gasteiger charge is -2.21. The van der Waals surface area contributed by atoms with Crippen molar-refractivity contribution >= 4 is 28.8 Å². The topological polar surface area (TPSA) is 86.9 Å². The van der Waals surface area contributed by atoms with Gasteiger partial charge in [-0.3, -0.25) is 14.9 Å². The zero-order chi connectivity index (χ0) is 19.4. The Bertz CT molecular complexity index is 934. The van der Waals surface area contributed by atoms with Gasteiger partial charge in [-0.2, -0.15) is 0 Å². The molecule has 2 amide bonds. The molecule has 0 aliphatic rings. The molecule has 0 saturated carbocycles. The van der Waals surface area contributed by atoms with Crippen LogP contribution in [0, 0.1) is 11.7 Å². The maximum absolute atomic E-state index is 13.7. The van der Waals surface area contributed by atoms with E-state index in [0.29, 0.717) is 5.95 Å². The van der Waals surface area contributed by atoms with Crippen LogP contribution < -0.4 is 10.6 Å². The largest absolute Gasteiger partial charge is 0.344 e. The van der Waals surface area contributed by atoms with Crippen LogP contribution in [0.15, 0.2) is 48.5 Å². The lowest BCUT2D eigenvalue weighted by atomic mass is 10.0. The van der Waals surface area contributed by atoms with Crippen molar-refractivity contribution in [3.63, 3.8) is 0 Å². The Labute approximate surface area is 156 Å². The Morgan fingerprint density at radius 3 is 2.52 bits per heavy atom. The molecule has 27 heavy (non-hydrogen) atoms. The number of para-hydroxylation sites is 2. The molecule has 6 nitrogen and oxygen atoms in total. The molecule has 7 heteroatoms. The SMILES string of the molecule is CC(C)[C@H](NC(=O)Cc1ccccc1F)C(=O)Nc1nc2ccccc2[nH]1. The number of halogens is 1. The number of nitrogens with one attached hydrogen (secondary N) is 3. The molecule has 0 bridgehead atoms. The second-order valence-corrected chi connectivity index (χ2v) is 6.65. The predicted molar refractivity (Wildman–Crippen MR) is 102 cm³/mol. The van der Waals surface area contributed by atoms with E-state index >= 15 is 0 Å². The second-order valence-electron chi connectivity index (χ2n) is 6.65. The Morgan fingerprint density at radius 1 is 1.11 bits per heavy atom. The summed E-state index contributed by atoms with van der Waals surface area (Å²) in [4.78, 5) is 32.2. The Hall–Kier alpha value is -3.22. The van der Waals surface area contributed by atoms with E-state index in [4.69, 9.17) is 0 Å². The van der Waals surface area contributed by atoms with Crippen LogP contribution in [0.25, 0.3) is 11.0 Å². The number of hydrogen-bond donors (Lipinski definition) is 3. The van der Waals surface area contributed by atoms with E-state index in [1.807, 2.05) is 38.1 Å². The number of imidazole rings is 1. The van der Waals surface area contributed by atoms with Gasteiger partial charge < -0.3 is 10.3 Å². The number of aromatic amines is 1. The number of anilines is 1. The molecule has 0 unspecified atom stereocenters. The average Bonchev–Trinajstić information content (AvgIpc) is 3.03. The van der Waals surface area contributed by atoms with Crippen molar-refractivity contribution in [1.82, 2.24) is 15.3 Å². The van der Waals surface area contributed by atoms with Crippen LogP contribution >= 0.6 is 0 Å². The van der Waals surface area contributed by atoms with E-state index in [2.05, 4.69) is 20.6 Å². The molecular formula is C20H21FN4O2. The van der Waals surface area contributed by atoms with Crippen LogP contribution in [-0.2, 0) is 16.0 Å². The molecule has 140 valence electrons. The first kappa shape index (κ1) is 18.6. The number of H-pyrrole nitrogens is 1. The minimum atomic E-state index is -0.766. The number of fused-ring (bicyclic) bond motifs is 1. The van der Waals surface area contributed by atoms with Gasteiger partial charge in [0.05, 0.1) is 17.5 Å². The second kappa shape index (κ2) is 7.99. The fourth-order valence-electron chi connectivity index (χ4n) is 2.78. The van der Waals surface area contributed by atoms with E-state index < -0.39 is 17.8 Å². The summed E-state index contributed by atoms with van der Waals surface area (Å²) in [5.41, 5.74) is 1.82. The van der Waals surface area contributed by atoms with Crippen molar-refractivity contribution in [2.45, 2.75) is 26.3 Å². The van der Waals surface area contributed by atoms with Crippen LogP contribution in [0.5, 0.6) is 0 Å². The Balaban J connectivity index is 1.68. The van der Waals surface area contributed by atoms with Gasteiger partial charge in [-0.25, -0.2) is 9.37 Å². The third-order valence-electron chi connectivity index (χ3n) is 4.21. The van der Waals surface area contributed by atoms with Gasteiger partial charge in [0.15, 0.2) is 0 Å². The maximum Gasteiger partial charge on any atom is 0.249 e. The monoisotopic (exact) mass is 368 g/mol. The van der Waals surface area contributed by atoms with Gasteiger partial charge in [-0.1, -0.05) is 44.2 Å². The fraction of sp³-hybridized carbons (Fsp3) is 0.250. The van der Waals surface area contributed by atoms with Crippen LogP contribution in [0.2, 0.25) is 0 Å². The van der Waals surface area contributed by atoms with E-state index in [0.717, 1.165) is 11.0 Å². The van der Waals surface area contributed by atoms with E-state index in [-0.39, 0.29) is 23.8 Å². The quantitative estimate of drug-likeness (QED) is 0.625. The summed E-state index contributed by atoms with van der Waals surface area (Å²) in [5, 5.41) is 5.39. The summed E-state index contributed by atoms with van der Waals surface area (Å²) in [6.45, 7) is 3.65. The molecule has 0 aliphatic heterocycles. The lowest BCUT2D eigenvalue weighted by molar-refractivity contribution is -0.127. The number of rotatable bonds is 6. The zero-order valence-corrected chi connectivity index (χ0v) is 15.1. The van der Waals surface area contributed by atoms with Crippen molar-refractivity contribution in [1.29, 1.82) is 0 Å². The van der Waals surface area contributed by atoms with Crippen molar-refractivity contribution in [2.75, 3.05) is 5.32 Å². The maximum atomic E-state index is 13.7. The van der Waals surface area contributed by atoms with Gasteiger partial charge in [0, 0.05) is 0 Å². The molecular weight excluding hydrogens is 347 g/mol. The number of benzene rings is 2. The first-order chi connectivity index (χ1) is 12.9. The summed E-state index contributed by atoms with van der Waals surface area (Å²) in [6.07, 6.45) is -0.131. The summed E-state index contributed by atoms with van der Waals surface area (Å²) < 4.78 is 13.7. The molecule has 2 aromatic carbocycles. The first-order valence-corrected chi connectivity index (χ1v) is 8.72. The molecule has 0 spiro atoms. The van der Waals surface area contributed by atoms with E-state index in [1.54, 1.807) is 18.2 Å². The number of amides is 2. The van der Waals surface area contributed by atoms with Crippen molar-refractivity contribution in [3.05, 3.63) is 59.9 Å². The fourth-order valence-corrected chi connectivity index (χ4v) is 2.78. The molecule has 3 N–H and O–H groups in total. The van der Waals surface area contributed by atoms with Gasteiger partial charge in [0.25, 0.3) is 0 Å². The molecule has 1 aromatic heterocycles. The Kier molecular flexibility index (Phi) is 5.49. The summed E-state index contributed by atoms with van der Waals surface area (Å²) in [6, 6.07) is 12.7. The third-order valence-corrected chi connectivity index (χ3v) is 4.21. The highest BCUT2D eigenvalue weighted by molar-refractivity contribution is 5.97. The van der Waals surface area contributed by atoms with E-state index in [9.17, 15) is 14.0 Å². The Morgan fingerprint density at radius 2 is 1.81 bits per heavy atom. The van der Waals surface area contributed by atoms with Crippen molar-refractivity contribution < 1.29 is 14.0 Å². The van der Waals surface area contributed by atoms with Gasteiger partial charge in [-0.15, -0.1) is 0 Å². The minimum absolute atomic E-state index is 0.131. The van der Waals surface area contributed by atoms with Gasteiger partial charge in [0.2, 0.25) is 17.8 Å². The minimum Gasteiger partial charge on any atom is -0.344 e. The molecule has 0 saturated heterocycles. The summed E-state index contributed by atoms with van der Waals surface area (Å²) in [7, 11) is 0. The third kappa shape index (κ3) is 4.49. The molecule has 0 fully saturated rings. The molecule has 3 aromatic rings. The molecule has 1 atom stereocenters. The zero-order valence-electron chi connectivity index (χ0n) is 15.1. The number of carbonyl (C=O) groups is 2. The smallest absolute Gasteiger partial charge is 0.249 e. The lowest BCUT2D eigenvalue weighted by Crippen LogP contribution is -2.47. The van der Waals surface area contributed by atoms with Crippen LogP contribution in [0.1, 0.15) is 19.4 Å². The molecule has 0 aliphatic carbocycles. The number of aromatic nitrogens is 2. The standard InChI is InChI=1S/C20H21FN4O2/c1-12(2)18(24-17(26)11-13-7-3-4-8-14(13)21)19(27)25-20-22-15-9-5-6-10-16(15)23-20/h3-10,12,18H,11H2,1-2H3,(H,24,26)(H2,22,23,25,27)/t18-/m0/s1. The number of nitrogens with zero attached hydrogens (tertiary/aromatic N) is 1. The van der Waals surface area contributed by atoms with E-state index in [1.165, 1.54) is 6.07 Å². The highest BCUT2D eigenvalue weighted by Gasteiger charge is 2.25. The highest BCUT2D eigenvalue weighted by Crippen LogP contribution is 2.14.